The van der Waals surface area contributed by atoms with E-state index in [-0.39, 0.29) is 22.8 Å². The van der Waals surface area contributed by atoms with Crippen molar-refractivity contribution in [3.8, 4) is 0 Å². The highest BCUT2D eigenvalue weighted by molar-refractivity contribution is 5.83. The molecule has 4 aliphatic rings. The van der Waals surface area contributed by atoms with Gasteiger partial charge >= 0.3 is 0 Å². The molecule has 3 saturated heterocycles. The molecule has 7 nitrogen and oxygen atoms in total. The topological polar surface area (TPSA) is 58.0 Å². The summed E-state index contributed by atoms with van der Waals surface area (Å²) >= 11 is 0. The Morgan fingerprint density at radius 1 is 1.20 bits per heavy atom. The van der Waals surface area contributed by atoms with Crippen molar-refractivity contribution in [2.45, 2.75) is 44.8 Å². The largest absolute Gasteiger partial charge is 0.379 e. The number of nitrogens with zero attached hydrogens (tertiary/aromatic N) is 4. The zero-order valence-corrected chi connectivity index (χ0v) is 18.5. The third kappa shape index (κ3) is 3.41. The minimum absolute atomic E-state index is 0.176. The number of pyridine rings is 1. The van der Waals surface area contributed by atoms with Crippen LogP contribution in [0.1, 0.15) is 36.9 Å². The van der Waals surface area contributed by atoms with Crippen molar-refractivity contribution in [1.29, 1.82) is 0 Å². The molecule has 0 radical (unpaired) electrons. The molecule has 3 fully saturated rings. The lowest BCUT2D eigenvalue weighted by Gasteiger charge is -2.47. The van der Waals surface area contributed by atoms with Gasteiger partial charge in [-0.2, -0.15) is 0 Å². The van der Waals surface area contributed by atoms with Crippen molar-refractivity contribution < 1.29 is 9.53 Å². The first-order chi connectivity index (χ1) is 14.3. The molecule has 0 spiro atoms. The van der Waals surface area contributed by atoms with Gasteiger partial charge in [0, 0.05) is 62.5 Å². The predicted octanol–water partition coefficient (Wildman–Crippen LogP) is 0.966. The number of ether oxygens (including phenoxy) is 1. The quantitative estimate of drug-likeness (QED) is 0.735. The van der Waals surface area contributed by atoms with E-state index >= 15 is 0 Å². The first-order valence-electron chi connectivity index (χ1n) is 11.3. The molecule has 0 N–H and O–H groups in total. The van der Waals surface area contributed by atoms with E-state index in [1.807, 2.05) is 22.5 Å². The number of likely N-dealkylation sites (N-methyl/N-ethyl adjacent to an activating group) is 1. The molecule has 1 amide bonds. The molecule has 1 aromatic heterocycles. The molecule has 5 heterocycles. The second-order valence-corrected chi connectivity index (χ2v) is 10.4. The fourth-order valence-corrected chi connectivity index (χ4v) is 5.81. The van der Waals surface area contributed by atoms with Gasteiger partial charge in [0.25, 0.3) is 5.56 Å². The molecule has 2 bridgehead atoms. The Labute approximate surface area is 178 Å². The summed E-state index contributed by atoms with van der Waals surface area (Å²) in [6, 6.07) is 4.77. The van der Waals surface area contributed by atoms with E-state index in [2.05, 4.69) is 30.0 Å². The summed E-state index contributed by atoms with van der Waals surface area (Å²) in [5, 5.41) is 0. The SMILES string of the molecule is CN(C)[C@@H]1CCN(Cc2ccc3n(c2=O)C[C@H]2C[C@@H]3CN(C(=O)C3(C)COC3)C2)C1. The van der Waals surface area contributed by atoms with Crippen LogP contribution in [0, 0.1) is 11.3 Å². The lowest BCUT2D eigenvalue weighted by molar-refractivity contribution is -0.171. The monoisotopic (exact) mass is 414 g/mol. The number of aromatic nitrogens is 1. The van der Waals surface area contributed by atoms with Crippen molar-refractivity contribution in [2.75, 3.05) is 53.5 Å². The van der Waals surface area contributed by atoms with Crippen molar-refractivity contribution >= 4 is 5.91 Å². The first kappa shape index (κ1) is 20.2. The van der Waals surface area contributed by atoms with Gasteiger partial charge in [-0.25, -0.2) is 0 Å². The van der Waals surface area contributed by atoms with Crippen LogP contribution in [-0.4, -0.2) is 84.7 Å². The first-order valence-corrected chi connectivity index (χ1v) is 11.3. The van der Waals surface area contributed by atoms with Crippen LogP contribution < -0.4 is 5.56 Å². The number of hydrogen-bond donors (Lipinski definition) is 0. The normalized spacial score (nSPS) is 30.3. The maximum Gasteiger partial charge on any atom is 0.255 e. The molecule has 164 valence electrons. The maximum absolute atomic E-state index is 13.3. The molecule has 0 aliphatic carbocycles. The second kappa shape index (κ2) is 7.46. The van der Waals surface area contributed by atoms with Gasteiger partial charge in [0.05, 0.1) is 18.6 Å². The van der Waals surface area contributed by atoms with E-state index < -0.39 is 0 Å². The fraction of sp³-hybridized carbons (Fsp3) is 0.739. The second-order valence-electron chi connectivity index (χ2n) is 10.4. The van der Waals surface area contributed by atoms with Crippen molar-refractivity contribution in [3.63, 3.8) is 0 Å². The van der Waals surface area contributed by atoms with Gasteiger partial charge in [-0.15, -0.1) is 0 Å². The minimum atomic E-state index is -0.352. The number of rotatable bonds is 4. The Hall–Kier alpha value is -1.70. The zero-order valence-electron chi connectivity index (χ0n) is 18.5. The van der Waals surface area contributed by atoms with Gasteiger partial charge in [0.2, 0.25) is 5.91 Å². The van der Waals surface area contributed by atoms with E-state index in [9.17, 15) is 9.59 Å². The third-order valence-corrected chi connectivity index (χ3v) is 7.70. The molecule has 5 rings (SSSR count). The van der Waals surface area contributed by atoms with Gasteiger partial charge in [0.15, 0.2) is 0 Å². The highest BCUT2D eigenvalue weighted by atomic mass is 16.5. The van der Waals surface area contributed by atoms with Gasteiger partial charge in [-0.3, -0.25) is 14.5 Å². The Morgan fingerprint density at radius 2 is 2.00 bits per heavy atom. The molecule has 30 heavy (non-hydrogen) atoms. The predicted molar refractivity (Wildman–Crippen MR) is 114 cm³/mol. The van der Waals surface area contributed by atoms with E-state index in [4.69, 9.17) is 4.74 Å². The molecule has 0 unspecified atom stereocenters. The maximum atomic E-state index is 13.3. The Morgan fingerprint density at radius 3 is 2.67 bits per heavy atom. The van der Waals surface area contributed by atoms with Crippen molar-refractivity contribution in [3.05, 3.63) is 33.7 Å². The molecule has 0 aromatic carbocycles. The van der Waals surface area contributed by atoms with E-state index in [1.165, 1.54) is 0 Å². The Kier molecular flexibility index (Phi) is 5.03. The summed E-state index contributed by atoms with van der Waals surface area (Å²) in [7, 11) is 4.26. The van der Waals surface area contributed by atoms with E-state index in [0.717, 1.165) is 63.4 Å². The summed E-state index contributed by atoms with van der Waals surface area (Å²) in [6.07, 6.45) is 2.24. The molecule has 7 heteroatoms. The number of hydrogen-bond acceptors (Lipinski definition) is 5. The van der Waals surface area contributed by atoms with Gasteiger partial charge < -0.3 is 19.1 Å². The number of carbonyl (C=O) groups is 1. The summed E-state index contributed by atoms with van der Waals surface area (Å²) in [5.74, 6) is 0.848. The number of fused-ring (bicyclic) bond motifs is 4. The highest BCUT2D eigenvalue weighted by Gasteiger charge is 2.46. The van der Waals surface area contributed by atoms with E-state index in [0.29, 0.717) is 25.2 Å². The van der Waals surface area contributed by atoms with Crippen LogP contribution >= 0.6 is 0 Å². The average molecular weight is 415 g/mol. The summed E-state index contributed by atoms with van der Waals surface area (Å²) < 4.78 is 7.32. The summed E-state index contributed by atoms with van der Waals surface area (Å²) in [5.41, 5.74) is 1.84. The zero-order chi connectivity index (χ0) is 21.0. The third-order valence-electron chi connectivity index (χ3n) is 7.70. The van der Waals surface area contributed by atoms with Crippen LogP contribution in [0.4, 0.5) is 0 Å². The van der Waals surface area contributed by atoms with Crippen LogP contribution in [0.15, 0.2) is 16.9 Å². The summed E-state index contributed by atoms with van der Waals surface area (Å²) in [4.78, 5) is 33.0. The smallest absolute Gasteiger partial charge is 0.255 e. The number of likely N-dealkylation sites (tertiary alicyclic amines) is 2. The minimum Gasteiger partial charge on any atom is -0.379 e. The molecule has 0 saturated carbocycles. The summed E-state index contributed by atoms with van der Waals surface area (Å²) in [6.45, 7) is 8.10. The Balaban J connectivity index is 1.33. The lowest BCUT2D eigenvalue weighted by Crippen LogP contribution is -2.57. The standard InChI is InChI=1S/C23H34N4O3/c1-23(14-30-15-23)22(29)26-9-16-8-18(12-26)20-5-4-17(21(28)27(20)10-16)11-25-7-6-19(13-25)24(2)3/h4-5,16,18-19H,6-15H2,1-3H3/t16-,18+,19+/m0/s1. The lowest BCUT2D eigenvalue weighted by atomic mass is 9.80. The molecule has 3 atom stereocenters. The molecule has 1 aromatic rings. The van der Waals surface area contributed by atoms with Gasteiger partial charge in [0.1, 0.15) is 0 Å². The number of carbonyl (C=O) groups excluding carboxylic acids is 1. The fourth-order valence-electron chi connectivity index (χ4n) is 5.81. The Bertz CT molecular complexity index is 891. The van der Waals surface area contributed by atoms with Crippen molar-refractivity contribution in [2.24, 2.45) is 11.3 Å². The van der Waals surface area contributed by atoms with Crippen LogP contribution in [0.2, 0.25) is 0 Å². The highest BCUT2D eigenvalue weighted by Crippen LogP contribution is 2.38. The van der Waals surface area contributed by atoms with Crippen LogP contribution in [0.3, 0.4) is 0 Å². The van der Waals surface area contributed by atoms with Gasteiger partial charge in [-0.05, 0) is 45.8 Å². The van der Waals surface area contributed by atoms with E-state index in [1.54, 1.807) is 0 Å². The molecule has 4 aliphatic heterocycles. The van der Waals surface area contributed by atoms with Crippen molar-refractivity contribution in [1.82, 2.24) is 19.3 Å². The average Bonchev–Trinajstić information content (AvgIpc) is 3.17. The van der Waals surface area contributed by atoms with Gasteiger partial charge in [-0.1, -0.05) is 6.07 Å². The van der Waals surface area contributed by atoms with Crippen LogP contribution in [0.25, 0.3) is 0 Å². The number of amides is 1. The molecular formula is C23H34N4O3. The number of piperidine rings is 1. The van der Waals surface area contributed by atoms with Crippen LogP contribution in [0.5, 0.6) is 0 Å². The molecular weight excluding hydrogens is 380 g/mol. The van der Waals surface area contributed by atoms with Crippen LogP contribution in [-0.2, 0) is 22.6 Å².